The van der Waals surface area contributed by atoms with E-state index in [9.17, 15) is 4.79 Å². The number of rotatable bonds is 5. The summed E-state index contributed by atoms with van der Waals surface area (Å²) in [5.41, 5.74) is 2.02. The van der Waals surface area contributed by atoms with Gasteiger partial charge in [0.05, 0.1) is 0 Å². The van der Waals surface area contributed by atoms with E-state index in [1.807, 2.05) is 36.5 Å². The Hall–Kier alpha value is -1.61. The van der Waals surface area contributed by atoms with Crippen molar-refractivity contribution >= 4 is 17.5 Å². The number of thioether (sulfide) groups is 1. The highest BCUT2D eigenvalue weighted by atomic mass is 32.2. The average Bonchev–Trinajstić information content (AvgIpc) is 2.40. The number of hydrogen-bond donors (Lipinski definition) is 0. The first kappa shape index (κ1) is 12.8. The molecule has 0 fully saturated rings. The molecule has 0 amide bonds. The normalized spacial score (nSPS) is 10.3. The zero-order chi connectivity index (χ0) is 12.8. The molecule has 92 valence electrons. The van der Waals surface area contributed by atoms with Crippen LogP contribution < -0.4 is 0 Å². The number of ketones is 1. The summed E-state index contributed by atoms with van der Waals surface area (Å²) in [4.78, 5) is 16.5. The molecule has 0 N–H and O–H groups in total. The molecular weight excluding hydrogens is 242 g/mol. The lowest BCUT2D eigenvalue weighted by atomic mass is 10.2. The number of Topliss-reactive ketones (excluding diaryl/α,β-unsaturated/α-hetero) is 1. The molecule has 2 rings (SSSR count). The molecule has 18 heavy (non-hydrogen) atoms. The summed E-state index contributed by atoms with van der Waals surface area (Å²) in [5.74, 6) is 1.11. The third-order valence-corrected chi connectivity index (χ3v) is 3.62. The van der Waals surface area contributed by atoms with Gasteiger partial charge in [0.1, 0.15) is 0 Å². The molecule has 0 spiro atoms. The molecule has 1 heterocycles. The van der Waals surface area contributed by atoms with Crippen molar-refractivity contribution in [2.45, 2.75) is 18.2 Å². The Kier molecular flexibility index (Phi) is 4.53. The summed E-state index contributed by atoms with van der Waals surface area (Å²) in [6.45, 7) is 1.60. The minimum absolute atomic E-state index is 0.115. The van der Waals surface area contributed by atoms with Crippen molar-refractivity contribution in [1.82, 2.24) is 4.98 Å². The molecule has 0 aliphatic rings. The molecule has 0 radical (unpaired) electrons. The molecule has 0 aliphatic carbocycles. The van der Waals surface area contributed by atoms with Crippen molar-refractivity contribution < 1.29 is 4.79 Å². The fraction of sp³-hybridized carbons (Fsp3) is 0.200. The molecule has 0 saturated heterocycles. The van der Waals surface area contributed by atoms with Crippen molar-refractivity contribution in [3.05, 3.63) is 59.9 Å². The lowest BCUT2D eigenvalue weighted by Gasteiger charge is -2.03. The van der Waals surface area contributed by atoms with Crippen molar-refractivity contribution in [3.8, 4) is 0 Å². The van der Waals surface area contributed by atoms with Gasteiger partial charge < -0.3 is 0 Å². The predicted octanol–water partition coefficient (Wildman–Crippen LogP) is 3.62. The van der Waals surface area contributed by atoms with Gasteiger partial charge in [-0.1, -0.05) is 18.2 Å². The highest BCUT2D eigenvalue weighted by Crippen LogP contribution is 2.20. The van der Waals surface area contributed by atoms with Crippen molar-refractivity contribution in [2.75, 3.05) is 5.75 Å². The molecule has 0 aliphatic heterocycles. The average molecular weight is 257 g/mol. The Bertz CT molecular complexity index is 525. The molecular formula is C15H15NOS. The second-order valence-corrected chi connectivity index (χ2v) is 5.21. The van der Waals surface area contributed by atoms with Gasteiger partial charge in [0.15, 0.2) is 5.78 Å². The number of hydrogen-bond acceptors (Lipinski definition) is 3. The van der Waals surface area contributed by atoms with Crippen LogP contribution in [0.1, 0.15) is 22.8 Å². The van der Waals surface area contributed by atoms with E-state index in [2.05, 4.69) is 11.1 Å². The van der Waals surface area contributed by atoms with E-state index in [0.717, 1.165) is 22.6 Å². The topological polar surface area (TPSA) is 30.0 Å². The van der Waals surface area contributed by atoms with Crippen LogP contribution in [-0.4, -0.2) is 16.5 Å². The van der Waals surface area contributed by atoms with E-state index in [-0.39, 0.29) is 5.78 Å². The van der Waals surface area contributed by atoms with Crippen LogP contribution in [0.15, 0.2) is 53.7 Å². The number of pyridine rings is 1. The highest BCUT2D eigenvalue weighted by molar-refractivity contribution is 7.99. The quantitative estimate of drug-likeness (QED) is 0.605. The summed E-state index contributed by atoms with van der Waals surface area (Å²) >= 11 is 1.77. The Balaban J connectivity index is 1.90. The van der Waals surface area contributed by atoms with E-state index < -0.39 is 0 Å². The minimum Gasteiger partial charge on any atom is -0.295 e. The van der Waals surface area contributed by atoms with Gasteiger partial charge in [0.2, 0.25) is 0 Å². The zero-order valence-corrected chi connectivity index (χ0v) is 11.1. The predicted molar refractivity (Wildman–Crippen MR) is 75.1 cm³/mol. The van der Waals surface area contributed by atoms with E-state index in [0.29, 0.717) is 0 Å². The van der Waals surface area contributed by atoms with Crippen LogP contribution in [0.3, 0.4) is 0 Å². The largest absolute Gasteiger partial charge is 0.295 e. The maximum Gasteiger partial charge on any atom is 0.159 e. The number of benzene rings is 1. The van der Waals surface area contributed by atoms with Gasteiger partial charge in [-0.05, 0) is 37.1 Å². The Morgan fingerprint density at radius 1 is 1.28 bits per heavy atom. The van der Waals surface area contributed by atoms with Crippen LogP contribution >= 0.6 is 11.8 Å². The van der Waals surface area contributed by atoms with Gasteiger partial charge in [-0.15, -0.1) is 11.8 Å². The van der Waals surface area contributed by atoms with Gasteiger partial charge in [-0.25, -0.2) is 0 Å². The monoisotopic (exact) mass is 257 g/mol. The molecule has 0 saturated carbocycles. The van der Waals surface area contributed by atoms with Crippen molar-refractivity contribution in [2.24, 2.45) is 0 Å². The molecule has 2 aromatic rings. The third kappa shape index (κ3) is 3.70. The Morgan fingerprint density at radius 2 is 2.17 bits per heavy atom. The van der Waals surface area contributed by atoms with Gasteiger partial charge in [0.25, 0.3) is 0 Å². The van der Waals surface area contributed by atoms with Crippen LogP contribution in [0.4, 0.5) is 0 Å². The first-order valence-electron chi connectivity index (χ1n) is 5.88. The van der Waals surface area contributed by atoms with E-state index in [4.69, 9.17) is 0 Å². The van der Waals surface area contributed by atoms with Crippen LogP contribution in [0.25, 0.3) is 0 Å². The van der Waals surface area contributed by atoms with Crippen LogP contribution in [0, 0.1) is 0 Å². The van der Waals surface area contributed by atoms with Crippen LogP contribution in [0.2, 0.25) is 0 Å². The van der Waals surface area contributed by atoms with E-state index in [1.54, 1.807) is 24.9 Å². The lowest BCUT2D eigenvalue weighted by molar-refractivity contribution is 0.101. The summed E-state index contributed by atoms with van der Waals surface area (Å²) in [6.07, 6.45) is 4.67. The van der Waals surface area contributed by atoms with Crippen LogP contribution in [-0.2, 0) is 6.42 Å². The van der Waals surface area contributed by atoms with Gasteiger partial charge in [0, 0.05) is 28.6 Å². The lowest BCUT2D eigenvalue weighted by Crippen LogP contribution is -1.92. The smallest absolute Gasteiger partial charge is 0.159 e. The summed E-state index contributed by atoms with van der Waals surface area (Å²) in [6, 6.07) is 11.8. The molecule has 3 heteroatoms. The second kappa shape index (κ2) is 6.36. The minimum atomic E-state index is 0.115. The number of aromatic nitrogens is 1. The van der Waals surface area contributed by atoms with Gasteiger partial charge in [-0.3, -0.25) is 9.78 Å². The number of carbonyl (C=O) groups is 1. The molecule has 1 aromatic heterocycles. The molecule has 0 bridgehead atoms. The zero-order valence-electron chi connectivity index (χ0n) is 10.3. The Labute approximate surface area is 111 Å². The maximum absolute atomic E-state index is 11.3. The number of carbonyl (C=O) groups excluding carboxylic acids is 1. The SMILES string of the molecule is CC(=O)c1cccc(SCCc2cccnc2)c1. The third-order valence-electron chi connectivity index (χ3n) is 2.62. The summed E-state index contributed by atoms with van der Waals surface area (Å²) in [7, 11) is 0. The molecule has 0 unspecified atom stereocenters. The maximum atomic E-state index is 11.3. The summed E-state index contributed by atoms with van der Waals surface area (Å²) < 4.78 is 0. The molecule has 1 aromatic carbocycles. The molecule has 0 atom stereocenters. The molecule has 2 nitrogen and oxygen atoms in total. The van der Waals surface area contributed by atoms with Crippen LogP contribution in [0.5, 0.6) is 0 Å². The van der Waals surface area contributed by atoms with E-state index >= 15 is 0 Å². The number of aryl methyl sites for hydroxylation is 1. The van der Waals surface area contributed by atoms with Gasteiger partial charge in [-0.2, -0.15) is 0 Å². The summed E-state index contributed by atoms with van der Waals surface area (Å²) in [5, 5.41) is 0. The van der Waals surface area contributed by atoms with Gasteiger partial charge >= 0.3 is 0 Å². The highest BCUT2D eigenvalue weighted by Gasteiger charge is 2.01. The first-order valence-corrected chi connectivity index (χ1v) is 6.87. The first-order chi connectivity index (χ1) is 8.75. The fourth-order valence-electron chi connectivity index (χ4n) is 1.64. The second-order valence-electron chi connectivity index (χ2n) is 4.04. The fourth-order valence-corrected chi connectivity index (χ4v) is 2.60. The van der Waals surface area contributed by atoms with E-state index in [1.165, 1.54) is 5.56 Å². The number of nitrogens with zero attached hydrogens (tertiary/aromatic N) is 1. The van der Waals surface area contributed by atoms with Crippen molar-refractivity contribution in [1.29, 1.82) is 0 Å². The van der Waals surface area contributed by atoms with Crippen molar-refractivity contribution in [3.63, 3.8) is 0 Å². The Morgan fingerprint density at radius 3 is 2.89 bits per heavy atom. The standard InChI is InChI=1S/C15H15NOS/c1-12(17)14-5-2-6-15(10-14)18-9-7-13-4-3-8-16-11-13/h2-6,8,10-11H,7,9H2,1H3.